The van der Waals surface area contributed by atoms with Crippen LogP contribution in [0.25, 0.3) is 11.1 Å². The topological polar surface area (TPSA) is 35.2 Å². The van der Waals surface area contributed by atoms with E-state index in [9.17, 15) is 17.6 Å². The van der Waals surface area contributed by atoms with Crippen LogP contribution in [0.3, 0.4) is 0 Å². The summed E-state index contributed by atoms with van der Waals surface area (Å²) in [4.78, 5) is 0. The summed E-state index contributed by atoms with van der Waals surface area (Å²) in [5, 5.41) is 0. The molecule has 2 aromatic carbocycles. The fraction of sp³-hybridized carbons (Fsp3) is 0.143. The zero-order valence-corrected chi connectivity index (χ0v) is 10.2. The van der Waals surface area contributed by atoms with Crippen LogP contribution in [0.4, 0.5) is 17.6 Å². The van der Waals surface area contributed by atoms with Crippen molar-refractivity contribution >= 4 is 0 Å². The average Bonchev–Trinajstić information content (AvgIpc) is 2.40. The van der Waals surface area contributed by atoms with E-state index in [0.29, 0.717) is 17.7 Å². The summed E-state index contributed by atoms with van der Waals surface area (Å²) in [5.74, 6) is -1.92. The van der Waals surface area contributed by atoms with Crippen LogP contribution in [0, 0.1) is 5.82 Å². The Bertz CT molecular complexity index is 610. The first-order valence-electron chi connectivity index (χ1n) is 5.74. The van der Waals surface area contributed by atoms with Gasteiger partial charge in [-0.3, -0.25) is 0 Å². The third kappa shape index (κ3) is 3.48. The molecule has 0 aliphatic heterocycles. The third-order valence-corrected chi connectivity index (χ3v) is 2.65. The number of alkyl halides is 3. The molecule has 2 aromatic rings. The fourth-order valence-corrected chi connectivity index (χ4v) is 1.77. The highest BCUT2D eigenvalue weighted by molar-refractivity contribution is 5.65. The molecule has 0 fully saturated rings. The maximum Gasteiger partial charge on any atom is 0.573 e. The smallest absolute Gasteiger partial charge is 0.403 e. The van der Waals surface area contributed by atoms with E-state index in [1.54, 1.807) is 24.3 Å². The van der Waals surface area contributed by atoms with Crippen LogP contribution in [-0.4, -0.2) is 6.36 Å². The summed E-state index contributed by atoms with van der Waals surface area (Å²) in [6, 6.07) is 10.3. The lowest BCUT2D eigenvalue weighted by Crippen LogP contribution is -2.17. The highest BCUT2D eigenvalue weighted by atomic mass is 19.4. The number of benzene rings is 2. The van der Waals surface area contributed by atoms with Gasteiger partial charge in [0, 0.05) is 6.54 Å². The van der Waals surface area contributed by atoms with E-state index in [4.69, 9.17) is 5.73 Å². The first-order valence-corrected chi connectivity index (χ1v) is 5.74. The lowest BCUT2D eigenvalue weighted by molar-refractivity contribution is -0.275. The second-order valence-corrected chi connectivity index (χ2v) is 4.10. The van der Waals surface area contributed by atoms with E-state index in [-0.39, 0.29) is 0 Å². The van der Waals surface area contributed by atoms with Crippen molar-refractivity contribution in [3.63, 3.8) is 0 Å². The highest BCUT2D eigenvalue weighted by Crippen LogP contribution is 2.29. The lowest BCUT2D eigenvalue weighted by Gasteiger charge is -2.11. The molecule has 2 nitrogen and oxygen atoms in total. The van der Waals surface area contributed by atoms with Crippen LogP contribution in [-0.2, 0) is 6.54 Å². The summed E-state index contributed by atoms with van der Waals surface area (Å²) in [7, 11) is 0. The SMILES string of the molecule is NCc1cccc(-c2ccc(OC(F)(F)F)c(F)c2)c1. The van der Waals surface area contributed by atoms with Gasteiger partial charge in [0.1, 0.15) is 0 Å². The Morgan fingerprint density at radius 2 is 1.70 bits per heavy atom. The summed E-state index contributed by atoms with van der Waals surface area (Å²) in [6.45, 7) is 0.325. The van der Waals surface area contributed by atoms with Crippen LogP contribution < -0.4 is 10.5 Å². The highest BCUT2D eigenvalue weighted by Gasteiger charge is 2.32. The standard InChI is InChI=1S/C14H11F4NO/c15-12-7-11(4-5-13(12)20-14(16,17)18)10-3-1-2-9(6-10)8-19/h1-7H,8,19H2. The third-order valence-electron chi connectivity index (χ3n) is 2.65. The van der Waals surface area contributed by atoms with Crippen LogP contribution >= 0.6 is 0 Å². The molecule has 6 heteroatoms. The zero-order chi connectivity index (χ0) is 14.8. The molecule has 20 heavy (non-hydrogen) atoms. The van der Waals surface area contributed by atoms with Crippen molar-refractivity contribution in [2.24, 2.45) is 5.73 Å². The fourth-order valence-electron chi connectivity index (χ4n) is 1.77. The predicted octanol–water partition coefficient (Wildman–Crippen LogP) is 3.85. The van der Waals surface area contributed by atoms with E-state index in [1.807, 2.05) is 0 Å². The number of halogens is 4. The second-order valence-electron chi connectivity index (χ2n) is 4.10. The molecule has 106 valence electrons. The number of ether oxygens (including phenoxy) is 1. The van der Waals surface area contributed by atoms with Crippen LogP contribution in [0.5, 0.6) is 5.75 Å². The van der Waals surface area contributed by atoms with Crippen molar-refractivity contribution < 1.29 is 22.3 Å². The van der Waals surface area contributed by atoms with Gasteiger partial charge in [-0.25, -0.2) is 4.39 Å². The van der Waals surface area contributed by atoms with Crippen molar-refractivity contribution in [2.75, 3.05) is 0 Å². The van der Waals surface area contributed by atoms with Gasteiger partial charge in [0.2, 0.25) is 0 Å². The molecule has 2 rings (SSSR count). The molecule has 0 aliphatic rings. The van der Waals surface area contributed by atoms with Gasteiger partial charge < -0.3 is 10.5 Å². The quantitative estimate of drug-likeness (QED) is 0.869. The Morgan fingerprint density at radius 1 is 1.00 bits per heavy atom. The first kappa shape index (κ1) is 14.3. The molecule has 0 amide bonds. The summed E-state index contributed by atoms with van der Waals surface area (Å²) in [6.07, 6.45) is -4.91. The minimum atomic E-state index is -4.91. The number of nitrogens with two attached hydrogens (primary N) is 1. The molecule has 0 spiro atoms. The minimum absolute atomic E-state index is 0.325. The number of rotatable bonds is 3. The van der Waals surface area contributed by atoms with Crippen molar-refractivity contribution in [3.8, 4) is 16.9 Å². The predicted molar refractivity (Wildman–Crippen MR) is 66.4 cm³/mol. The molecule has 0 aromatic heterocycles. The van der Waals surface area contributed by atoms with Gasteiger partial charge in [-0.2, -0.15) is 0 Å². The minimum Gasteiger partial charge on any atom is -0.403 e. The summed E-state index contributed by atoms with van der Waals surface area (Å²) in [5.41, 5.74) is 7.47. The van der Waals surface area contributed by atoms with E-state index in [0.717, 1.165) is 17.7 Å². The maximum atomic E-state index is 13.6. The van der Waals surface area contributed by atoms with Crippen LogP contribution in [0.15, 0.2) is 42.5 Å². The van der Waals surface area contributed by atoms with E-state index < -0.39 is 17.9 Å². The Morgan fingerprint density at radius 3 is 2.30 bits per heavy atom. The molecule has 0 saturated heterocycles. The maximum absolute atomic E-state index is 13.6. The van der Waals surface area contributed by atoms with Crippen molar-refractivity contribution in [2.45, 2.75) is 12.9 Å². The first-order chi connectivity index (χ1) is 9.39. The molecule has 0 radical (unpaired) electrons. The molecule has 0 unspecified atom stereocenters. The molecule has 0 bridgehead atoms. The van der Waals surface area contributed by atoms with Crippen molar-refractivity contribution in [3.05, 3.63) is 53.8 Å². The van der Waals surface area contributed by atoms with Crippen molar-refractivity contribution in [1.29, 1.82) is 0 Å². The normalized spacial score (nSPS) is 11.4. The Labute approximate surface area is 112 Å². The van der Waals surface area contributed by atoms with Crippen LogP contribution in [0.2, 0.25) is 0 Å². The lowest BCUT2D eigenvalue weighted by atomic mass is 10.0. The van der Waals surface area contributed by atoms with Gasteiger partial charge >= 0.3 is 6.36 Å². The van der Waals surface area contributed by atoms with Gasteiger partial charge in [0.05, 0.1) is 0 Å². The zero-order valence-electron chi connectivity index (χ0n) is 10.2. The number of hydrogen-bond acceptors (Lipinski definition) is 2. The Kier molecular flexibility index (Phi) is 3.94. The summed E-state index contributed by atoms with van der Waals surface area (Å²) < 4.78 is 53.3. The molecule has 0 saturated carbocycles. The number of hydrogen-bond donors (Lipinski definition) is 1. The Balaban J connectivity index is 2.33. The van der Waals surface area contributed by atoms with Crippen LogP contribution in [0.1, 0.15) is 5.56 Å². The molecule has 0 aliphatic carbocycles. The van der Waals surface area contributed by atoms with E-state index >= 15 is 0 Å². The van der Waals surface area contributed by atoms with Gasteiger partial charge in [-0.05, 0) is 34.9 Å². The van der Waals surface area contributed by atoms with E-state index in [2.05, 4.69) is 4.74 Å². The van der Waals surface area contributed by atoms with Gasteiger partial charge in [-0.1, -0.05) is 24.3 Å². The monoisotopic (exact) mass is 285 g/mol. The molecular formula is C14H11F4NO. The molecule has 0 heterocycles. The largest absolute Gasteiger partial charge is 0.573 e. The average molecular weight is 285 g/mol. The molecule has 0 atom stereocenters. The summed E-state index contributed by atoms with van der Waals surface area (Å²) >= 11 is 0. The van der Waals surface area contributed by atoms with Gasteiger partial charge in [-0.15, -0.1) is 13.2 Å². The van der Waals surface area contributed by atoms with E-state index in [1.165, 1.54) is 6.07 Å². The molecule has 2 N–H and O–H groups in total. The Hall–Kier alpha value is -2.08. The van der Waals surface area contributed by atoms with Crippen molar-refractivity contribution in [1.82, 2.24) is 0 Å². The van der Waals surface area contributed by atoms with Gasteiger partial charge in [0.25, 0.3) is 0 Å². The van der Waals surface area contributed by atoms with Gasteiger partial charge in [0.15, 0.2) is 11.6 Å². The second kappa shape index (κ2) is 5.50. The molecular weight excluding hydrogens is 274 g/mol.